The number of hydrogen-bond donors (Lipinski definition) is 0. The van der Waals surface area contributed by atoms with Gasteiger partial charge < -0.3 is 9.64 Å². The Labute approximate surface area is 125 Å². The third kappa shape index (κ3) is 4.20. The quantitative estimate of drug-likeness (QED) is 0.792. The molecule has 5 nitrogen and oxygen atoms in total. The number of carbonyl (C=O) groups is 1. The minimum absolute atomic E-state index is 0.0285. The molecule has 1 heterocycles. The molecule has 1 fully saturated rings. The Bertz CT molecular complexity index is 529. The lowest BCUT2D eigenvalue weighted by Gasteiger charge is -2.33. The Balaban J connectivity index is 1.99. The fourth-order valence-corrected chi connectivity index (χ4v) is 2.37. The number of ether oxygens (including phenoxy) is 1. The van der Waals surface area contributed by atoms with E-state index in [0.29, 0.717) is 25.2 Å². The molecule has 1 aliphatic rings. The van der Waals surface area contributed by atoms with Crippen molar-refractivity contribution in [2.75, 3.05) is 32.7 Å². The maximum atomic E-state index is 12.5. The number of rotatable bonds is 4. The molecule has 0 aromatic heterocycles. The van der Waals surface area contributed by atoms with Crippen LogP contribution in [0.4, 0.5) is 0 Å². The fourth-order valence-electron chi connectivity index (χ4n) is 2.37. The first-order valence-electron chi connectivity index (χ1n) is 7.25. The molecule has 21 heavy (non-hydrogen) atoms. The standard InChI is InChI=1S/C16H21N3O2/c1-13(2)21-15-5-3-4-14(12-15)16(20)19-10-8-18(7-6-17)9-11-19/h3-5,12-13H,7-11H2,1-2H3. The second-order valence-electron chi connectivity index (χ2n) is 5.42. The van der Waals surface area contributed by atoms with Crippen LogP contribution in [0.5, 0.6) is 5.75 Å². The third-order valence-electron chi connectivity index (χ3n) is 3.41. The highest BCUT2D eigenvalue weighted by molar-refractivity contribution is 5.94. The maximum Gasteiger partial charge on any atom is 0.254 e. The number of nitriles is 1. The molecule has 0 saturated carbocycles. The molecule has 1 aromatic rings. The van der Waals surface area contributed by atoms with Crippen molar-refractivity contribution in [2.45, 2.75) is 20.0 Å². The highest BCUT2D eigenvalue weighted by atomic mass is 16.5. The van der Waals surface area contributed by atoms with Crippen molar-refractivity contribution in [3.63, 3.8) is 0 Å². The lowest BCUT2D eigenvalue weighted by molar-refractivity contribution is 0.0651. The zero-order valence-electron chi connectivity index (χ0n) is 12.6. The van der Waals surface area contributed by atoms with E-state index in [1.807, 2.05) is 36.9 Å². The normalized spacial score (nSPS) is 15.8. The molecule has 0 unspecified atom stereocenters. The molecule has 112 valence electrons. The highest BCUT2D eigenvalue weighted by Gasteiger charge is 2.22. The van der Waals surface area contributed by atoms with Gasteiger partial charge in [-0.05, 0) is 32.0 Å². The Kier molecular flexibility index (Phi) is 5.18. The molecule has 2 rings (SSSR count). The Morgan fingerprint density at radius 2 is 2.05 bits per heavy atom. The SMILES string of the molecule is CC(C)Oc1cccc(C(=O)N2CCN(CC#N)CC2)c1. The number of nitrogens with zero attached hydrogens (tertiary/aromatic N) is 3. The first-order valence-corrected chi connectivity index (χ1v) is 7.25. The lowest BCUT2D eigenvalue weighted by Crippen LogP contribution is -2.48. The van der Waals surface area contributed by atoms with Gasteiger partial charge in [0.2, 0.25) is 0 Å². The Morgan fingerprint density at radius 3 is 2.67 bits per heavy atom. The van der Waals surface area contributed by atoms with Gasteiger partial charge in [0.05, 0.1) is 18.7 Å². The van der Waals surface area contributed by atoms with Crippen molar-refractivity contribution in [2.24, 2.45) is 0 Å². The zero-order chi connectivity index (χ0) is 15.2. The van der Waals surface area contributed by atoms with Gasteiger partial charge in [-0.15, -0.1) is 0 Å². The molecule has 0 radical (unpaired) electrons. The monoisotopic (exact) mass is 287 g/mol. The number of piperazine rings is 1. The summed E-state index contributed by atoms with van der Waals surface area (Å²) in [6, 6.07) is 9.46. The van der Waals surface area contributed by atoms with E-state index in [4.69, 9.17) is 10.00 Å². The van der Waals surface area contributed by atoms with Gasteiger partial charge in [-0.1, -0.05) is 6.07 Å². The molecule has 0 bridgehead atoms. The average Bonchev–Trinajstić information content (AvgIpc) is 2.47. The summed E-state index contributed by atoms with van der Waals surface area (Å²) >= 11 is 0. The van der Waals surface area contributed by atoms with Crippen LogP contribution in [0.25, 0.3) is 0 Å². The fraction of sp³-hybridized carbons (Fsp3) is 0.500. The summed E-state index contributed by atoms with van der Waals surface area (Å²) in [6.45, 7) is 7.18. The summed E-state index contributed by atoms with van der Waals surface area (Å²) in [6.07, 6.45) is 0.0879. The summed E-state index contributed by atoms with van der Waals surface area (Å²) in [5.74, 6) is 0.750. The minimum atomic E-state index is 0.0285. The number of benzene rings is 1. The Morgan fingerprint density at radius 1 is 1.33 bits per heavy atom. The van der Waals surface area contributed by atoms with Crippen LogP contribution in [0, 0.1) is 11.3 Å². The van der Waals surface area contributed by atoms with Crippen molar-refractivity contribution in [3.05, 3.63) is 29.8 Å². The van der Waals surface area contributed by atoms with E-state index in [9.17, 15) is 4.79 Å². The minimum Gasteiger partial charge on any atom is -0.491 e. The van der Waals surface area contributed by atoms with Gasteiger partial charge >= 0.3 is 0 Å². The van der Waals surface area contributed by atoms with E-state index >= 15 is 0 Å². The van der Waals surface area contributed by atoms with E-state index in [1.54, 1.807) is 6.07 Å². The van der Waals surface area contributed by atoms with Crippen LogP contribution < -0.4 is 4.74 Å². The van der Waals surface area contributed by atoms with Crippen molar-refractivity contribution < 1.29 is 9.53 Å². The predicted octanol–water partition coefficient (Wildman–Crippen LogP) is 1.76. The summed E-state index contributed by atoms with van der Waals surface area (Å²) < 4.78 is 5.63. The van der Waals surface area contributed by atoms with Gasteiger partial charge in [0.1, 0.15) is 5.75 Å². The van der Waals surface area contributed by atoms with E-state index in [2.05, 4.69) is 11.0 Å². The second kappa shape index (κ2) is 7.09. The molecule has 0 atom stereocenters. The first kappa shape index (κ1) is 15.3. The van der Waals surface area contributed by atoms with Gasteiger partial charge in [-0.25, -0.2) is 0 Å². The molecule has 0 aliphatic carbocycles. The second-order valence-corrected chi connectivity index (χ2v) is 5.42. The molecule has 1 aromatic carbocycles. The number of amides is 1. The molecule has 0 spiro atoms. The van der Waals surface area contributed by atoms with Crippen molar-refractivity contribution in [1.82, 2.24) is 9.80 Å². The molecule has 1 saturated heterocycles. The molecular weight excluding hydrogens is 266 g/mol. The third-order valence-corrected chi connectivity index (χ3v) is 3.41. The van der Waals surface area contributed by atoms with E-state index < -0.39 is 0 Å². The van der Waals surface area contributed by atoms with Crippen molar-refractivity contribution in [3.8, 4) is 11.8 Å². The highest BCUT2D eigenvalue weighted by Crippen LogP contribution is 2.17. The van der Waals surface area contributed by atoms with Crippen LogP contribution in [-0.2, 0) is 0 Å². The van der Waals surface area contributed by atoms with Crippen LogP contribution >= 0.6 is 0 Å². The largest absolute Gasteiger partial charge is 0.491 e. The Hall–Kier alpha value is -2.06. The predicted molar refractivity (Wildman–Crippen MR) is 80.2 cm³/mol. The van der Waals surface area contributed by atoms with Gasteiger partial charge in [-0.3, -0.25) is 9.69 Å². The lowest BCUT2D eigenvalue weighted by atomic mass is 10.1. The van der Waals surface area contributed by atoms with Crippen molar-refractivity contribution >= 4 is 5.91 Å². The summed E-state index contributed by atoms with van der Waals surface area (Å²) in [5.41, 5.74) is 0.655. The van der Waals surface area contributed by atoms with Crippen molar-refractivity contribution in [1.29, 1.82) is 5.26 Å². The van der Waals surface area contributed by atoms with Gasteiger partial charge in [-0.2, -0.15) is 5.26 Å². The van der Waals surface area contributed by atoms with Gasteiger partial charge in [0.15, 0.2) is 0 Å². The van der Waals surface area contributed by atoms with Crippen LogP contribution in [0.1, 0.15) is 24.2 Å². The van der Waals surface area contributed by atoms with Crippen LogP contribution in [0.15, 0.2) is 24.3 Å². The average molecular weight is 287 g/mol. The van der Waals surface area contributed by atoms with Crippen LogP contribution in [0.3, 0.4) is 0 Å². The van der Waals surface area contributed by atoms with E-state index in [-0.39, 0.29) is 12.0 Å². The zero-order valence-corrected chi connectivity index (χ0v) is 12.6. The topological polar surface area (TPSA) is 56.6 Å². The van der Waals surface area contributed by atoms with Gasteiger partial charge in [0.25, 0.3) is 5.91 Å². The summed E-state index contributed by atoms with van der Waals surface area (Å²) in [5, 5.41) is 8.69. The van der Waals surface area contributed by atoms with E-state index in [0.717, 1.165) is 18.8 Å². The summed E-state index contributed by atoms with van der Waals surface area (Å²) in [7, 11) is 0. The maximum absolute atomic E-state index is 12.5. The molecule has 5 heteroatoms. The molecule has 1 amide bonds. The van der Waals surface area contributed by atoms with E-state index in [1.165, 1.54) is 0 Å². The molecular formula is C16H21N3O2. The van der Waals surface area contributed by atoms with Gasteiger partial charge in [0, 0.05) is 31.7 Å². The summed E-state index contributed by atoms with van der Waals surface area (Å²) in [4.78, 5) is 16.4. The van der Waals surface area contributed by atoms with Crippen LogP contribution in [-0.4, -0.2) is 54.5 Å². The first-order chi connectivity index (χ1) is 10.1. The van der Waals surface area contributed by atoms with Crippen LogP contribution in [0.2, 0.25) is 0 Å². The smallest absolute Gasteiger partial charge is 0.254 e. The number of carbonyl (C=O) groups excluding carboxylic acids is 1. The molecule has 0 N–H and O–H groups in total. The number of hydrogen-bond acceptors (Lipinski definition) is 4. The molecule has 1 aliphatic heterocycles.